The molecule has 0 aliphatic carbocycles. The molecule has 0 bridgehead atoms. The van der Waals surface area contributed by atoms with E-state index in [4.69, 9.17) is 0 Å². The smallest absolute Gasteiger partial charge is 0.211 e. The van der Waals surface area contributed by atoms with E-state index in [1.54, 1.807) is 4.70 Å². The Balaban J connectivity index is 1.89. The first kappa shape index (κ1) is 34.0. The number of hydrogen-bond donors (Lipinski definition) is 0. The van der Waals surface area contributed by atoms with Crippen molar-refractivity contribution in [2.75, 3.05) is 0 Å². The Kier molecular flexibility index (Phi) is 15.9. The molecule has 0 N–H and O–H groups in total. The van der Waals surface area contributed by atoms with Crippen molar-refractivity contribution in [2.24, 2.45) is 0 Å². The Labute approximate surface area is 259 Å². The second kappa shape index (κ2) is 19.7. The van der Waals surface area contributed by atoms with Crippen LogP contribution < -0.4 is 0 Å². The minimum atomic E-state index is 1.01. The van der Waals surface area contributed by atoms with Gasteiger partial charge in [-0.25, -0.2) is 4.70 Å². The van der Waals surface area contributed by atoms with Gasteiger partial charge in [0.1, 0.15) is 0 Å². The maximum Gasteiger partial charge on any atom is 0.211 e. The summed E-state index contributed by atoms with van der Waals surface area (Å²) in [6.07, 6.45) is 24.7. The lowest BCUT2D eigenvalue weighted by Crippen LogP contribution is -2.03. The van der Waals surface area contributed by atoms with E-state index < -0.39 is 0 Å². The summed E-state index contributed by atoms with van der Waals surface area (Å²) in [4.78, 5) is 0. The minimum absolute atomic E-state index is 1.01. The second-order valence-corrected chi connectivity index (χ2v) is 12.6. The zero-order valence-corrected chi connectivity index (χ0v) is 27.7. The third-order valence-electron chi connectivity index (χ3n) is 9.01. The van der Waals surface area contributed by atoms with E-state index in [0.717, 1.165) is 61.0 Å². The van der Waals surface area contributed by atoms with Crippen LogP contribution in [0.25, 0.3) is 16.9 Å². The van der Waals surface area contributed by atoms with E-state index in [0.29, 0.717) is 0 Å². The van der Waals surface area contributed by atoms with Crippen LogP contribution in [0, 0.1) is 0 Å². The number of rotatable bonds is 22. The largest absolute Gasteiger partial charge is 0.493 e. The molecule has 42 heavy (non-hydrogen) atoms. The number of aryl methyl sites for hydroxylation is 2. The van der Waals surface area contributed by atoms with Crippen molar-refractivity contribution in [3.05, 3.63) is 87.5 Å². The third kappa shape index (κ3) is 10.4. The van der Waals surface area contributed by atoms with Gasteiger partial charge in [-0.05, 0) is 86.8 Å². The summed E-state index contributed by atoms with van der Waals surface area (Å²) in [5.41, 5.74) is 21.8. The van der Waals surface area contributed by atoms with Gasteiger partial charge >= 0.3 is 0 Å². The van der Waals surface area contributed by atoms with Crippen molar-refractivity contribution < 1.29 is 4.70 Å². The molecule has 0 saturated carbocycles. The summed E-state index contributed by atoms with van der Waals surface area (Å²) in [6.45, 7) is 9.10. The van der Waals surface area contributed by atoms with Gasteiger partial charge < -0.3 is 5.53 Å². The molecule has 2 aromatic rings. The summed E-state index contributed by atoms with van der Waals surface area (Å²) in [5.74, 6) is 0. The lowest BCUT2D eigenvalue weighted by atomic mass is 9.91. The van der Waals surface area contributed by atoms with E-state index >= 15 is 0 Å². The van der Waals surface area contributed by atoms with Crippen molar-refractivity contribution in [2.45, 2.75) is 156 Å². The van der Waals surface area contributed by atoms with Crippen LogP contribution in [0.1, 0.15) is 166 Å². The molecule has 3 rings (SSSR count). The Morgan fingerprint density at radius 3 is 1.17 bits per heavy atom. The lowest BCUT2D eigenvalue weighted by Gasteiger charge is -2.11. The minimum Gasteiger partial charge on any atom is -0.493 e. The van der Waals surface area contributed by atoms with Gasteiger partial charge in [0.15, 0.2) is 0 Å². The molecule has 0 unspecified atom stereocenters. The number of hydrogen-bond acceptors (Lipinski definition) is 0. The highest BCUT2D eigenvalue weighted by molar-refractivity contribution is 5.82. The molecule has 1 aliphatic rings. The van der Waals surface area contributed by atoms with Gasteiger partial charge in [-0.2, -0.15) is 0 Å². The fourth-order valence-electron chi connectivity index (χ4n) is 6.39. The number of benzene rings is 2. The van der Waals surface area contributed by atoms with Crippen LogP contribution in [0.2, 0.25) is 0 Å². The van der Waals surface area contributed by atoms with Gasteiger partial charge in [-0.1, -0.05) is 129 Å². The predicted molar refractivity (Wildman–Crippen MR) is 184 cm³/mol. The first-order valence-corrected chi connectivity index (χ1v) is 17.8. The Bertz CT molecular complexity index is 1120. The molecule has 0 atom stereocenters. The lowest BCUT2D eigenvalue weighted by molar-refractivity contribution is -0.345. The zero-order valence-electron chi connectivity index (χ0n) is 27.7. The van der Waals surface area contributed by atoms with Crippen molar-refractivity contribution >= 4 is 11.4 Å². The molecule has 0 saturated heterocycles. The highest BCUT2D eigenvalue weighted by Crippen LogP contribution is 2.44. The highest BCUT2D eigenvalue weighted by atomic mass is 15.2. The number of allylic oxidation sites excluding steroid dienone is 2. The fourth-order valence-corrected chi connectivity index (χ4v) is 6.39. The van der Waals surface area contributed by atoms with Crippen LogP contribution in [0.4, 0.5) is 0 Å². The summed E-state index contributed by atoms with van der Waals surface area (Å²) in [6, 6.07) is 18.2. The van der Waals surface area contributed by atoms with Gasteiger partial charge in [-0.15, -0.1) is 0 Å². The molecule has 230 valence electrons. The fraction of sp³-hybridized carbons (Fsp3) is 0.600. The zero-order chi connectivity index (χ0) is 30.0. The van der Waals surface area contributed by atoms with E-state index in [-0.39, 0.29) is 0 Å². The first-order chi connectivity index (χ1) is 20.6. The van der Waals surface area contributed by atoms with E-state index in [2.05, 4.69) is 76.2 Å². The monoisotopic (exact) mass is 568 g/mol. The average Bonchev–Trinajstić information content (AvgIpc) is 3.29. The summed E-state index contributed by atoms with van der Waals surface area (Å²) in [7, 11) is 0. The molecular formula is C40H60N2. The molecule has 0 spiro atoms. The van der Waals surface area contributed by atoms with Gasteiger partial charge in [0.2, 0.25) is 11.4 Å². The van der Waals surface area contributed by atoms with Crippen molar-refractivity contribution in [1.82, 2.24) is 0 Å². The molecule has 2 heteroatoms. The normalized spacial score (nSPS) is 13.6. The van der Waals surface area contributed by atoms with Crippen LogP contribution in [0.5, 0.6) is 0 Å². The summed E-state index contributed by atoms with van der Waals surface area (Å²) < 4.78 is 1.56. The number of unbranched alkanes of at least 4 members (excludes halogenated alkanes) is 12. The molecule has 1 aliphatic heterocycles. The standard InChI is InChI=1S/C40H60N2/c1-5-9-13-16-17-20-24-38-37(23-12-8-4)39(35-29-25-33(26-30-35)21-18-14-10-6-2)42(41)40(38)36-31-27-34(28-32-36)22-19-15-11-7-3/h25-32H,5-24H2,1-4H3. The molecule has 2 nitrogen and oxygen atoms in total. The van der Waals surface area contributed by atoms with E-state index in [1.165, 1.54) is 112 Å². The molecular weight excluding hydrogens is 508 g/mol. The maximum atomic E-state index is 11.9. The maximum absolute atomic E-state index is 11.9. The predicted octanol–water partition coefficient (Wildman–Crippen LogP) is 13.0. The Morgan fingerprint density at radius 2 is 0.738 bits per heavy atom. The van der Waals surface area contributed by atoms with Crippen LogP contribution in [-0.2, 0) is 12.8 Å². The molecule has 0 aromatic heterocycles. The quantitative estimate of drug-likeness (QED) is 0.0997. The van der Waals surface area contributed by atoms with Crippen LogP contribution in [-0.4, -0.2) is 4.70 Å². The van der Waals surface area contributed by atoms with Gasteiger partial charge in [0, 0.05) is 22.3 Å². The van der Waals surface area contributed by atoms with Gasteiger partial charge in [-0.3, -0.25) is 0 Å². The number of nitrogens with zero attached hydrogens (tertiary/aromatic N) is 2. The second-order valence-electron chi connectivity index (χ2n) is 12.6. The molecule has 0 radical (unpaired) electrons. The van der Waals surface area contributed by atoms with Crippen LogP contribution in [0.15, 0.2) is 59.7 Å². The van der Waals surface area contributed by atoms with E-state index in [1.807, 2.05) is 0 Å². The van der Waals surface area contributed by atoms with Crippen LogP contribution >= 0.6 is 0 Å². The first-order valence-electron chi connectivity index (χ1n) is 17.8. The van der Waals surface area contributed by atoms with Crippen molar-refractivity contribution in [1.29, 1.82) is 0 Å². The Hall–Kier alpha value is -2.48. The van der Waals surface area contributed by atoms with Crippen molar-refractivity contribution in [3.63, 3.8) is 0 Å². The topological polar surface area (TPSA) is 25.3 Å². The molecule has 0 fully saturated rings. The van der Waals surface area contributed by atoms with Gasteiger partial charge in [0.25, 0.3) is 0 Å². The average molecular weight is 569 g/mol. The van der Waals surface area contributed by atoms with Crippen molar-refractivity contribution in [3.8, 4) is 0 Å². The third-order valence-corrected chi connectivity index (χ3v) is 9.01. The Morgan fingerprint density at radius 1 is 0.405 bits per heavy atom. The highest BCUT2D eigenvalue weighted by Gasteiger charge is 2.35. The summed E-state index contributed by atoms with van der Waals surface area (Å²) >= 11 is 0. The molecule has 1 heterocycles. The van der Waals surface area contributed by atoms with Gasteiger partial charge in [0.05, 0.1) is 0 Å². The molecule has 2 aromatic carbocycles. The van der Waals surface area contributed by atoms with Crippen LogP contribution in [0.3, 0.4) is 0 Å². The van der Waals surface area contributed by atoms with E-state index in [9.17, 15) is 5.53 Å². The summed E-state index contributed by atoms with van der Waals surface area (Å²) in [5, 5.41) is 0. The molecule has 0 amide bonds. The SMILES string of the molecule is CCCCCCCCC1=C(c2ccc(CCCCCC)cc2)[N+](=[N-])C(c2ccc(CCCCCC)cc2)=C1CCCC.